The number of thioether (sulfide) groups is 1. The van der Waals surface area contributed by atoms with E-state index >= 15 is 0 Å². The fraction of sp³-hybridized carbons (Fsp3) is 0.200. The Hall–Kier alpha value is -2.22. The number of alkyl halides is 3. The van der Waals surface area contributed by atoms with Crippen LogP contribution in [0.25, 0.3) is 11.5 Å². The first kappa shape index (κ1) is 15.7. The van der Waals surface area contributed by atoms with Crippen LogP contribution in [0, 0.1) is 6.92 Å². The molecule has 0 saturated carbocycles. The summed E-state index contributed by atoms with van der Waals surface area (Å²) >= 11 is 1.18. The van der Waals surface area contributed by atoms with Crippen LogP contribution in [-0.4, -0.2) is 10.2 Å². The van der Waals surface area contributed by atoms with E-state index < -0.39 is 11.7 Å². The van der Waals surface area contributed by atoms with Crippen LogP contribution < -0.4 is 0 Å². The molecule has 0 atom stereocenters. The third kappa shape index (κ3) is 3.58. The van der Waals surface area contributed by atoms with Crippen molar-refractivity contribution in [3.05, 3.63) is 53.5 Å². The van der Waals surface area contributed by atoms with E-state index in [0.29, 0.717) is 28.5 Å². The van der Waals surface area contributed by atoms with Crippen molar-refractivity contribution < 1.29 is 22.0 Å². The maximum Gasteiger partial charge on any atom is 0.416 e. The van der Waals surface area contributed by atoms with E-state index in [4.69, 9.17) is 8.83 Å². The fourth-order valence-electron chi connectivity index (χ4n) is 1.97. The van der Waals surface area contributed by atoms with Gasteiger partial charge in [0.1, 0.15) is 5.76 Å². The zero-order valence-electron chi connectivity index (χ0n) is 11.9. The van der Waals surface area contributed by atoms with Crippen LogP contribution in [0.2, 0.25) is 0 Å². The molecular weight excluding hydrogens is 329 g/mol. The predicted octanol–water partition coefficient (Wildman–Crippen LogP) is 4.95. The maximum absolute atomic E-state index is 12.7. The Bertz CT molecular complexity index is 811. The molecule has 23 heavy (non-hydrogen) atoms. The first-order valence-corrected chi connectivity index (χ1v) is 7.59. The maximum atomic E-state index is 12.7. The van der Waals surface area contributed by atoms with Crippen molar-refractivity contribution in [3.8, 4) is 11.5 Å². The molecule has 4 nitrogen and oxygen atoms in total. The Morgan fingerprint density at radius 1 is 1.17 bits per heavy atom. The van der Waals surface area contributed by atoms with Gasteiger partial charge in [0, 0.05) is 5.75 Å². The van der Waals surface area contributed by atoms with Gasteiger partial charge in [-0.1, -0.05) is 30.0 Å². The van der Waals surface area contributed by atoms with Gasteiger partial charge in [-0.05, 0) is 24.6 Å². The number of aromatic nitrogens is 2. The molecule has 8 heteroatoms. The van der Waals surface area contributed by atoms with Gasteiger partial charge >= 0.3 is 6.18 Å². The molecule has 0 saturated heterocycles. The molecule has 0 unspecified atom stereocenters. The Balaban J connectivity index is 1.70. The quantitative estimate of drug-likeness (QED) is 0.629. The summed E-state index contributed by atoms with van der Waals surface area (Å²) in [6.07, 6.45) is -2.83. The number of halogens is 3. The number of hydrogen-bond acceptors (Lipinski definition) is 5. The minimum absolute atomic E-state index is 0.290. The van der Waals surface area contributed by atoms with Gasteiger partial charge in [-0.3, -0.25) is 0 Å². The average Bonchev–Trinajstić information content (AvgIpc) is 3.13. The van der Waals surface area contributed by atoms with Crippen LogP contribution in [-0.2, 0) is 11.9 Å². The standard InChI is InChI=1S/C15H11F3N2O2S/c1-9-12(5-6-21-9)13-19-20-14(22-13)23-8-10-3-2-4-11(7-10)15(16,17)18/h2-7H,8H2,1H3. The van der Waals surface area contributed by atoms with Crippen molar-refractivity contribution in [2.75, 3.05) is 0 Å². The zero-order chi connectivity index (χ0) is 16.4. The number of nitrogens with zero attached hydrogens (tertiary/aromatic N) is 2. The third-order valence-electron chi connectivity index (χ3n) is 3.11. The van der Waals surface area contributed by atoms with Gasteiger partial charge < -0.3 is 8.83 Å². The largest absolute Gasteiger partial charge is 0.469 e. The molecule has 0 spiro atoms. The van der Waals surface area contributed by atoms with E-state index in [9.17, 15) is 13.2 Å². The highest BCUT2D eigenvalue weighted by molar-refractivity contribution is 7.98. The number of aryl methyl sites for hydroxylation is 1. The second-order valence-electron chi connectivity index (χ2n) is 4.75. The number of rotatable bonds is 4. The normalized spacial score (nSPS) is 11.8. The van der Waals surface area contributed by atoms with Crippen molar-refractivity contribution in [2.24, 2.45) is 0 Å². The van der Waals surface area contributed by atoms with Crippen LogP contribution in [0.1, 0.15) is 16.9 Å². The summed E-state index contributed by atoms with van der Waals surface area (Å²) in [5.41, 5.74) is 0.559. The monoisotopic (exact) mass is 340 g/mol. The first-order chi connectivity index (χ1) is 10.9. The van der Waals surface area contributed by atoms with E-state index in [-0.39, 0.29) is 5.22 Å². The Morgan fingerprint density at radius 2 is 2.00 bits per heavy atom. The third-order valence-corrected chi connectivity index (χ3v) is 4.00. The van der Waals surface area contributed by atoms with Crippen molar-refractivity contribution in [3.63, 3.8) is 0 Å². The summed E-state index contributed by atoms with van der Waals surface area (Å²) in [5, 5.41) is 8.08. The van der Waals surface area contributed by atoms with Crippen molar-refractivity contribution in [2.45, 2.75) is 24.1 Å². The Kier molecular flexibility index (Phi) is 4.16. The number of hydrogen-bond donors (Lipinski definition) is 0. The van der Waals surface area contributed by atoms with E-state index in [1.807, 2.05) is 0 Å². The number of furan rings is 1. The second-order valence-corrected chi connectivity index (χ2v) is 5.68. The van der Waals surface area contributed by atoms with E-state index in [1.165, 1.54) is 24.1 Å². The van der Waals surface area contributed by atoms with Crippen molar-refractivity contribution >= 4 is 11.8 Å². The topological polar surface area (TPSA) is 52.1 Å². The van der Waals surface area contributed by atoms with Gasteiger partial charge in [-0.25, -0.2) is 0 Å². The molecule has 0 fully saturated rings. The van der Waals surface area contributed by atoms with Crippen molar-refractivity contribution in [1.82, 2.24) is 10.2 Å². The van der Waals surface area contributed by atoms with Crippen molar-refractivity contribution in [1.29, 1.82) is 0 Å². The summed E-state index contributed by atoms with van der Waals surface area (Å²) in [7, 11) is 0. The van der Waals surface area contributed by atoms with Crippen LogP contribution in [0.4, 0.5) is 13.2 Å². The van der Waals surface area contributed by atoms with Crippen LogP contribution in [0.5, 0.6) is 0 Å². The van der Waals surface area contributed by atoms with E-state index in [1.54, 1.807) is 19.1 Å². The van der Waals surface area contributed by atoms with Crippen LogP contribution in [0.3, 0.4) is 0 Å². The van der Waals surface area contributed by atoms with Gasteiger partial charge in [0.15, 0.2) is 0 Å². The first-order valence-electron chi connectivity index (χ1n) is 6.60. The minimum atomic E-state index is -4.35. The minimum Gasteiger partial charge on any atom is -0.469 e. The van der Waals surface area contributed by atoms with Crippen LogP contribution >= 0.6 is 11.8 Å². The molecule has 2 heterocycles. The van der Waals surface area contributed by atoms with E-state index in [0.717, 1.165) is 12.1 Å². The lowest BCUT2D eigenvalue weighted by Gasteiger charge is -2.07. The molecule has 3 rings (SSSR count). The van der Waals surface area contributed by atoms with Gasteiger partial charge in [0.2, 0.25) is 0 Å². The second kappa shape index (κ2) is 6.11. The SMILES string of the molecule is Cc1occc1-c1nnc(SCc2cccc(C(F)(F)F)c2)o1. The lowest BCUT2D eigenvalue weighted by molar-refractivity contribution is -0.137. The summed E-state index contributed by atoms with van der Waals surface area (Å²) in [6, 6.07) is 6.88. The highest BCUT2D eigenvalue weighted by Crippen LogP contribution is 2.32. The van der Waals surface area contributed by atoms with Gasteiger partial charge in [-0.15, -0.1) is 10.2 Å². The summed E-state index contributed by atoms with van der Waals surface area (Å²) < 4.78 is 48.7. The number of benzene rings is 1. The molecule has 120 valence electrons. The molecule has 2 aromatic heterocycles. The summed E-state index contributed by atoms with van der Waals surface area (Å²) in [4.78, 5) is 0. The molecule has 0 bridgehead atoms. The van der Waals surface area contributed by atoms with Gasteiger partial charge in [-0.2, -0.15) is 13.2 Å². The molecular formula is C15H11F3N2O2S. The highest BCUT2D eigenvalue weighted by Gasteiger charge is 2.30. The molecule has 0 aliphatic rings. The molecule has 0 aliphatic carbocycles. The summed E-state index contributed by atoms with van der Waals surface area (Å²) in [5.74, 6) is 1.28. The van der Waals surface area contributed by atoms with E-state index in [2.05, 4.69) is 10.2 Å². The zero-order valence-corrected chi connectivity index (χ0v) is 12.7. The molecule has 0 aliphatic heterocycles. The average molecular weight is 340 g/mol. The molecule has 0 amide bonds. The van der Waals surface area contributed by atoms with Gasteiger partial charge in [0.25, 0.3) is 11.1 Å². The fourth-order valence-corrected chi connectivity index (χ4v) is 2.67. The van der Waals surface area contributed by atoms with Gasteiger partial charge in [0.05, 0.1) is 17.4 Å². The van der Waals surface area contributed by atoms with Crippen LogP contribution in [0.15, 0.2) is 50.7 Å². The Morgan fingerprint density at radius 3 is 2.70 bits per heavy atom. The molecule has 0 radical (unpaired) electrons. The Labute approximate surface area is 133 Å². The lowest BCUT2D eigenvalue weighted by Crippen LogP contribution is -2.04. The molecule has 0 N–H and O–H groups in total. The smallest absolute Gasteiger partial charge is 0.416 e. The summed E-state index contributed by atoms with van der Waals surface area (Å²) in [6.45, 7) is 1.77. The lowest BCUT2D eigenvalue weighted by atomic mass is 10.1. The molecule has 3 aromatic rings. The predicted molar refractivity (Wildman–Crippen MR) is 77.7 cm³/mol. The molecule has 1 aromatic carbocycles. The highest BCUT2D eigenvalue weighted by atomic mass is 32.2.